The van der Waals surface area contributed by atoms with Crippen molar-refractivity contribution in [3.63, 3.8) is 0 Å². The first kappa shape index (κ1) is 17.6. The van der Waals surface area contributed by atoms with E-state index in [4.69, 9.17) is 4.74 Å². The fourth-order valence-electron chi connectivity index (χ4n) is 6.40. The molecule has 0 saturated heterocycles. The number of carbonyl (C=O) groups excluding carboxylic acids is 1. The Morgan fingerprint density at radius 1 is 1.16 bits per heavy atom. The lowest BCUT2D eigenvalue weighted by atomic mass is 9.47. The molecule has 0 aromatic heterocycles. The fourth-order valence-corrected chi connectivity index (χ4v) is 6.40. The van der Waals surface area contributed by atoms with E-state index in [2.05, 4.69) is 33.8 Å². The average Bonchev–Trinajstić information content (AvgIpc) is 2.58. The normalized spacial score (nSPS) is 43.0. The summed E-state index contributed by atoms with van der Waals surface area (Å²) >= 11 is 0. The van der Waals surface area contributed by atoms with E-state index >= 15 is 0 Å². The summed E-state index contributed by atoms with van der Waals surface area (Å²) in [6, 6.07) is 0. The molecule has 1 unspecified atom stereocenters. The van der Waals surface area contributed by atoms with Crippen LogP contribution in [0.1, 0.15) is 85.5 Å². The minimum absolute atomic E-state index is 0.0435. The van der Waals surface area contributed by atoms with Gasteiger partial charge in [0.2, 0.25) is 0 Å². The zero-order chi connectivity index (χ0) is 17.8. The molecule has 5 aliphatic carbocycles. The highest BCUT2D eigenvalue weighted by Gasteiger charge is 2.61. The van der Waals surface area contributed by atoms with Crippen LogP contribution < -0.4 is 0 Å². The van der Waals surface area contributed by atoms with Crippen LogP contribution in [0.5, 0.6) is 0 Å². The molecule has 4 saturated carbocycles. The van der Waals surface area contributed by atoms with Crippen LogP contribution in [0.15, 0.2) is 11.6 Å². The van der Waals surface area contributed by atoms with Crippen molar-refractivity contribution in [2.75, 3.05) is 0 Å². The molecule has 25 heavy (non-hydrogen) atoms. The Labute approximate surface area is 153 Å². The SMILES string of the molecule is CCC(C)(C)C(=O)OC1(C2=CCC(C)CC2)C2CC3CC(C2)CC1C3. The molecule has 0 aliphatic heterocycles. The standard InChI is InChI=1S/C23H36O2/c1-5-22(3,4)21(24)25-23(18-8-6-15(2)7-9-18)19-11-16-10-17(13-19)14-20(23)12-16/h8,15-17,19-20H,5-7,9-14H2,1-4H3. The molecule has 4 fully saturated rings. The Bertz CT molecular complexity index is 543. The molecule has 140 valence electrons. The number of esters is 1. The Balaban J connectivity index is 1.70. The summed E-state index contributed by atoms with van der Waals surface area (Å²) in [5, 5.41) is 0. The third kappa shape index (κ3) is 2.79. The Morgan fingerprint density at radius 2 is 1.76 bits per heavy atom. The van der Waals surface area contributed by atoms with E-state index in [1.165, 1.54) is 44.1 Å². The van der Waals surface area contributed by atoms with Crippen LogP contribution in [0, 0.1) is 35.0 Å². The van der Waals surface area contributed by atoms with Crippen molar-refractivity contribution in [1.82, 2.24) is 0 Å². The highest BCUT2D eigenvalue weighted by Crippen LogP contribution is 2.63. The van der Waals surface area contributed by atoms with Gasteiger partial charge in [0.05, 0.1) is 5.41 Å². The van der Waals surface area contributed by atoms with E-state index in [0.29, 0.717) is 11.8 Å². The van der Waals surface area contributed by atoms with Gasteiger partial charge in [0.15, 0.2) is 0 Å². The maximum absolute atomic E-state index is 13.2. The molecule has 2 heteroatoms. The van der Waals surface area contributed by atoms with Gasteiger partial charge in [0.1, 0.15) is 5.60 Å². The minimum atomic E-state index is -0.371. The van der Waals surface area contributed by atoms with Gasteiger partial charge in [0, 0.05) is 11.8 Å². The van der Waals surface area contributed by atoms with Gasteiger partial charge in [-0.2, -0.15) is 0 Å². The topological polar surface area (TPSA) is 26.3 Å². The van der Waals surface area contributed by atoms with E-state index in [9.17, 15) is 4.79 Å². The number of ether oxygens (including phenoxy) is 1. The second kappa shape index (κ2) is 6.13. The summed E-state index contributed by atoms with van der Waals surface area (Å²) in [7, 11) is 0. The van der Waals surface area contributed by atoms with Gasteiger partial charge in [-0.3, -0.25) is 4.79 Å². The quantitative estimate of drug-likeness (QED) is 0.468. The Hall–Kier alpha value is -0.790. The summed E-state index contributed by atoms with van der Waals surface area (Å²) in [5.41, 5.74) is 0.876. The molecule has 0 amide bonds. The average molecular weight is 345 g/mol. The predicted octanol–water partition coefficient (Wildman–Crippen LogP) is 5.91. The molecule has 5 aliphatic rings. The predicted molar refractivity (Wildman–Crippen MR) is 101 cm³/mol. The second-order valence-electron chi connectivity index (χ2n) is 10.3. The highest BCUT2D eigenvalue weighted by atomic mass is 16.6. The van der Waals surface area contributed by atoms with E-state index in [1.807, 2.05) is 0 Å². The van der Waals surface area contributed by atoms with Crippen molar-refractivity contribution in [2.45, 2.75) is 91.1 Å². The number of hydrogen-bond acceptors (Lipinski definition) is 2. The molecule has 2 nitrogen and oxygen atoms in total. The first-order chi connectivity index (χ1) is 11.8. The van der Waals surface area contributed by atoms with E-state index in [0.717, 1.165) is 37.0 Å². The summed E-state index contributed by atoms with van der Waals surface area (Å²) in [4.78, 5) is 13.2. The van der Waals surface area contributed by atoms with Crippen LogP contribution in [-0.2, 0) is 9.53 Å². The van der Waals surface area contributed by atoms with Crippen molar-refractivity contribution in [2.24, 2.45) is 35.0 Å². The second-order valence-corrected chi connectivity index (χ2v) is 10.3. The number of allylic oxidation sites excluding steroid dienone is 1. The van der Waals surface area contributed by atoms with Crippen LogP contribution in [0.2, 0.25) is 0 Å². The maximum Gasteiger partial charge on any atom is 0.312 e. The Kier molecular flexibility index (Phi) is 4.32. The fraction of sp³-hybridized carbons (Fsp3) is 0.870. The summed E-state index contributed by atoms with van der Waals surface area (Å²) in [5.74, 6) is 3.79. The maximum atomic E-state index is 13.2. The first-order valence-electron chi connectivity index (χ1n) is 10.8. The molecule has 0 spiro atoms. The third-order valence-corrected chi connectivity index (χ3v) is 8.22. The molecule has 0 aromatic rings. The van der Waals surface area contributed by atoms with Crippen LogP contribution in [0.25, 0.3) is 0 Å². The summed E-state index contributed by atoms with van der Waals surface area (Å²) < 4.78 is 6.64. The largest absolute Gasteiger partial charge is 0.454 e. The zero-order valence-electron chi connectivity index (χ0n) is 16.6. The molecule has 5 rings (SSSR count). The van der Waals surface area contributed by atoms with E-state index in [-0.39, 0.29) is 17.0 Å². The first-order valence-corrected chi connectivity index (χ1v) is 10.8. The molecule has 0 aromatic carbocycles. The highest BCUT2D eigenvalue weighted by molar-refractivity contribution is 5.76. The zero-order valence-corrected chi connectivity index (χ0v) is 16.6. The summed E-state index contributed by atoms with van der Waals surface area (Å²) in [6.07, 6.45) is 13.5. The van der Waals surface area contributed by atoms with Gasteiger partial charge >= 0.3 is 5.97 Å². The lowest BCUT2D eigenvalue weighted by Gasteiger charge is -2.61. The van der Waals surface area contributed by atoms with Gasteiger partial charge in [-0.25, -0.2) is 0 Å². The van der Waals surface area contributed by atoms with Gasteiger partial charge in [-0.15, -0.1) is 0 Å². The molecular formula is C23H36O2. The third-order valence-electron chi connectivity index (χ3n) is 8.22. The van der Waals surface area contributed by atoms with Crippen molar-refractivity contribution in [3.8, 4) is 0 Å². The van der Waals surface area contributed by atoms with Crippen molar-refractivity contribution in [3.05, 3.63) is 11.6 Å². The number of hydrogen-bond donors (Lipinski definition) is 0. The smallest absolute Gasteiger partial charge is 0.312 e. The lowest BCUT2D eigenvalue weighted by molar-refractivity contribution is -0.206. The van der Waals surface area contributed by atoms with Crippen LogP contribution >= 0.6 is 0 Å². The molecule has 0 radical (unpaired) electrons. The lowest BCUT2D eigenvalue weighted by Crippen LogP contribution is -2.61. The van der Waals surface area contributed by atoms with Crippen molar-refractivity contribution < 1.29 is 9.53 Å². The molecule has 0 N–H and O–H groups in total. The van der Waals surface area contributed by atoms with Crippen LogP contribution in [-0.4, -0.2) is 11.6 Å². The minimum Gasteiger partial charge on any atom is -0.454 e. The van der Waals surface area contributed by atoms with E-state index in [1.54, 1.807) is 0 Å². The van der Waals surface area contributed by atoms with Gasteiger partial charge in [-0.05, 0) is 95.0 Å². The monoisotopic (exact) mass is 344 g/mol. The van der Waals surface area contributed by atoms with Gasteiger partial charge in [-0.1, -0.05) is 19.9 Å². The molecule has 1 atom stereocenters. The number of carbonyl (C=O) groups is 1. The summed E-state index contributed by atoms with van der Waals surface area (Å²) in [6.45, 7) is 8.56. The van der Waals surface area contributed by atoms with Crippen LogP contribution in [0.3, 0.4) is 0 Å². The number of rotatable bonds is 4. The molecular weight excluding hydrogens is 308 g/mol. The van der Waals surface area contributed by atoms with Gasteiger partial charge in [0.25, 0.3) is 0 Å². The van der Waals surface area contributed by atoms with Crippen molar-refractivity contribution >= 4 is 5.97 Å². The van der Waals surface area contributed by atoms with E-state index < -0.39 is 0 Å². The molecule has 4 bridgehead atoms. The van der Waals surface area contributed by atoms with Crippen molar-refractivity contribution in [1.29, 1.82) is 0 Å². The Morgan fingerprint density at radius 3 is 2.24 bits per heavy atom. The van der Waals surface area contributed by atoms with Gasteiger partial charge < -0.3 is 4.74 Å². The molecule has 0 heterocycles. The van der Waals surface area contributed by atoms with Crippen LogP contribution in [0.4, 0.5) is 0 Å².